The Hall–Kier alpha value is -1.22. The first-order chi connectivity index (χ1) is 7.66. The summed E-state index contributed by atoms with van der Waals surface area (Å²) < 4.78 is 13.1. The van der Waals surface area contributed by atoms with E-state index in [1.165, 1.54) is 6.07 Å². The summed E-state index contributed by atoms with van der Waals surface area (Å²) in [6.45, 7) is 0. The summed E-state index contributed by atoms with van der Waals surface area (Å²) in [5.41, 5.74) is 6.84. The largest absolute Gasteiger partial charge is 0.397 e. The molecule has 0 saturated carbocycles. The zero-order valence-electron chi connectivity index (χ0n) is 8.84. The molecule has 0 aromatic heterocycles. The lowest BCUT2D eigenvalue weighted by molar-refractivity contribution is 0.627. The molecule has 0 saturated heterocycles. The minimum absolute atomic E-state index is 0.100. The van der Waals surface area contributed by atoms with E-state index in [0.29, 0.717) is 17.4 Å². The fraction of sp³-hybridized carbons (Fsp3) is 0.333. The van der Waals surface area contributed by atoms with Crippen molar-refractivity contribution in [2.45, 2.75) is 25.3 Å². The maximum atomic E-state index is 13.1. The Balaban J connectivity index is 2.14. The van der Waals surface area contributed by atoms with Gasteiger partial charge in [0.25, 0.3) is 0 Å². The third kappa shape index (κ3) is 2.47. The molecule has 0 amide bonds. The van der Waals surface area contributed by atoms with Crippen molar-refractivity contribution in [3.8, 4) is 0 Å². The van der Waals surface area contributed by atoms with Crippen molar-refractivity contribution in [2.75, 3.05) is 11.1 Å². The van der Waals surface area contributed by atoms with Gasteiger partial charge in [-0.15, -0.1) is 0 Å². The molecule has 0 fully saturated rings. The number of benzene rings is 1. The molecule has 1 aliphatic carbocycles. The summed E-state index contributed by atoms with van der Waals surface area (Å²) in [6, 6.07) is 3.15. The molecule has 0 radical (unpaired) electrons. The van der Waals surface area contributed by atoms with Crippen LogP contribution in [-0.4, -0.2) is 6.04 Å². The highest BCUT2D eigenvalue weighted by atomic mass is 35.5. The van der Waals surface area contributed by atoms with Gasteiger partial charge in [0.15, 0.2) is 0 Å². The number of nitrogen functional groups attached to an aromatic ring is 1. The van der Waals surface area contributed by atoms with E-state index in [1.54, 1.807) is 6.07 Å². The van der Waals surface area contributed by atoms with E-state index in [1.807, 2.05) is 0 Å². The topological polar surface area (TPSA) is 38.0 Å². The van der Waals surface area contributed by atoms with Gasteiger partial charge in [0.2, 0.25) is 0 Å². The first-order valence-electron chi connectivity index (χ1n) is 5.33. The number of rotatable bonds is 2. The molecule has 86 valence electrons. The number of nitrogens with one attached hydrogen (secondary N) is 1. The van der Waals surface area contributed by atoms with Crippen molar-refractivity contribution in [3.05, 3.63) is 35.1 Å². The number of anilines is 2. The zero-order chi connectivity index (χ0) is 11.5. The van der Waals surface area contributed by atoms with Crippen LogP contribution in [0.15, 0.2) is 24.3 Å². The number of hydrogen-bond acceptors (Lipinski definition) is 2. The molecule has 0 heterocycles. The molecular formula is C12H14ClFN2. The molecule has 2 rings (SSSR count). The second-order valence-electron chi connectivity index (χ2n) is 3.98. The summed E-state index contributed by atoms with van der Waals surface area (Å²) in [7, 11) is 0. The first kappa shape index (κ1) is 11.3. The first-order valence-corrected chi connectivity index (χ1v) is 5.70. The lowest BCUT2D eigenvalue weighted by atomic mass is 10.0. The van der Waals surface area contributed by atoms with Gasteiger partial charge in [0, 0.05) is 12.1 Å². The van der Waals surface area contributed by atoms with E-state index in [9.17, 15) is 4.39 Å². The van der Waals surface area contributed by atoms with Crippen LogP contribution >= 0.6 is 11.6 Å². The van der Waals surface area contributed by atoms with Gasteiger partial charge in [0.1, 0.15) is 5.82 Å². The van der Waals surface area contributed by atoms with Crippen LogP contribution < -0.4 is 11.1 Å². The van der Waals surface area contributed by atoms with Gasteiger partial charge in [-0.25, -0.2) is 4.39 Å². The molecule has 4 heteroatoms. The lowest BCUT2D eigenvalue weighted by Gasteiger charge is -2.21. The Kier molecular flexibility index (Phi) is 3.34. The molecule has 1 aromatic rings. The molecule has 1 aliphatic rings. The fourth-order valence-electron chi connectivity index (χ4n) is 1.83. The number of nitrogens with two attached hydrogens (primary N) is 1. The molecule has 2 nitrogen and oxygen atoms in total. The van der Waals surface area contributed by atoms with E-state index >= 15 is 0 Å². The predicted molar refractivity (Wildman–Crippen MR) is 66.2 cm³/mol. The van der Waals surface area contributed by atoms with Crippen molar-refractivity contribution >= 4 is 23.0 Å². The Bertz CT molecular complexity index is 418. The third-order valence-corrected chi connectivity index (χ3v) is 3.01. The minimum Gasteiger partial charge on any atom is -0.397 e. The van der Waals surface area contributed by atoms with Crippen LogP contribution in [0.1, 0.15) is 19.3 Å². The highest BCUT2D eigenvalue weighted by Gasteiger charge is 2.12. The molecule has 1 unspecified atom stereocenters. The lowest BCUT2D eigenvalue weighted by Crippen LogP contribution is -2.21. The average Bonchev–Trinajstić information content (AvgIpc) is 2.27. The predicted octanol–water partition coefficient (Wildman–Crippen LogP) is 3.58. The Labute approximate surface area is 99.3 Å². The third-order valence-electron chi connectivity index (χ3n) is 2.72. The highest BCUT2D eigenvalue weighted by Crippen LogP contribution is 2.28. The summed E-state index contributed by atoms with van der Waals surface area (Å²) >= 11 is 5.72. The second-order valence-corrected chi connectivity index (χ2v) is 4.39. The van der Waals surface area contributed by atoms with Gasteiger partial charge in [-0.1, -0.05) is 23.8 Å². The van der Waals surface area contributed by atoms with Crippen molar-refractivity contribution < 1.29 is 4.39 Å². The smallest absolute Gasteiger partial charge is 0.143 e. The molecule has 0 spiro atoms. The van der Waals surface area contributed by atoms with Crippen molar-refractivity contribution in [1.29, 1.82) is 0 Å². The standard InChI is InChI=1S/C12H14ClFN2/c13-9-6-12(11(15)7-10(9)14)16-8-4-2-1-3-5-8/h1-2,6-8,16H,3-5,15H2. The van der Waals surface area contributed by atoms with Gasteiger partial charge < -0.3 is 11.1 Å². The summed E-state index contributed by atoms with van der Waals surface area (Å²) in [5, 5.41) is 3.39. The van der Waals surface area contributed by atoms with Crippen LogP contribution in [0.3, 0.4) is 0 Å². The SMILES string of the molecule is Nc1cc(F)c(Cl)cc1NC1CC=CCC1. The quantitative estimate of drug-likeness (QED) is 0.613. The fourth-order valence-corrected chi connectivity index (χ4v) is 2.00. The number of hydrogen-bond donors (Lipinski definition) is 2. The van der Waals surface area contributed by atoms with Crippen molar-refractivity contribution in [1.82, 2.24) is 0 Å². The highest BCUT2D eigenvalue weighted by molar-refractivity contribution is 6.31. The minimum atomic E-state index is -0.478. The van der Waals surface area contributed by atoms with Gasteiger partial charge in [-0.3, -0.25) is 0 Å². The molecule has 1 aromatic carbocycles. The molecule has 0 aliphatic heterocycles. The van der Waals surface area contributed by atoms with Gasteiger partial charge in [-0.2, -0.15) is 0 Å². The van der Waals surface area contributed by atoms with Crippen LogP contribution in [-0.2, 0) is 0 Å². The molecule has 1 atom stereocenters. The van der Waals surface area contributed by atoms with Crippen molar-refractivity contribution in [3.63, 3.8) is 0 Å². The molecule has 3 N–H and O–H groups in total. The second kappa shape index (κ2) is 4.74. The van der Waals surface area contributed by atoms with E-state index < -0.39 is 5.82 Å². The van der Waals surface area contributed by atoms with E-state index in [4.69, 9.17) is 17.3 Å². The van der Waals surface area contributed by atoms with Crippen LogP contribution in [0.4, 0.5) is 15.8 Å². The molecule has 16 heavy (non-hydrogen) atoms. The van der Waals surface area contributed by atoms with E-state index in [0.717, 1.165) is 19.3 Å². The number of halogens is 2. The van der Waals surface area contributed by atoms with Gasteiger partial charge in [0.05, 0.1) is 16.4 Å². The zero-order valence-corrected chi connectivity index (χ0v) is 9.60. The van der Waals surface area contributed by atoms with Crippen molar-refractivity contribution in [2.24, 2.45) is 0 Å². The summed E-state index contributed by atoms with van der Waals surface area (Å²) in [5.74, 6) is -0.478. The monoisotopic (exact) mass is 240 g/mol. The Morgan fingerprint density at radius 2 is 2.19 bits per heavy atom. The van der Waals surface area contributed by atoms with E-state index in [2.05, 4.69) is 17.5 Å². The van der Waals surface area contributed by atoms with Crippen LogP contribution in [0.25, 0.3) is 0 Å². The van der Waals surface area contributed by atoms with Gasteiger partial charge in [-0.05, 0) is 25.3 Å². The van der Waals surface area contributed by atoms with Crippen LogP contribution in [0.5, 0.6) is 0 Å². The van der Waals surface area contributed by atoms with Gasteiger partial charge >= 0.3 is 0 Å². The molecule has 0 bridgehead atoms. The average molecular weight is 241 g/mol. The summed E-state index contributed by atoms with van der Waals surface area (Å²) in [4.78, 5) is 0. The Morgan fingerprint density at radius 1 is 1.38 bits per heavy atom. The molecular weight excluding hydrogens is 227 g/mol. The Morgan fingerprint density at radius 3 is 2.88 bits per heavy atom. The normalized spacial score (nSPS) is 19.8. The van der Waals surface area contributed by atoms with E-state index in [-0.39, 0.29) is 5.02 Å². The number of allylic oxidation sites excluding steroid dienone is 1. The summed E-state index contributed by atoms with van der Waals surface area (Å²) in [6.07, 6.45) is 7.40. The maximum absolute atomic E-state index is 13.1. The van der Waals surface area contributed by atoms with Crippen LogP contribution in [0, 0.1) is 5.82 Å². The maximum Gasteiger partial charge on any atom is 0.143 e. The van der Waals surface area contributed by atoms with Crippen LogP contribution in [0.2, 0.25) is 5.02 Å².